The predicted molar refractivity (Wildman–Crippen MR) is 110 cm³/mol. The summed E-state index contributed by atoms with van der Waals surface area (Å²) < 4.78 is 36.5. The molecule has 0 unspecified atom stereocenters. The standard InChI is InChI=1S/C21H22ClNO4S/c1-3-4-5-12-27-20-11-6-16(14-21(20)26-2)13-19(15-23)28(24,25)18-9-7-17(22)8-10-18/h6-11,13-14H,3-5,12H2,1-2H3/b19-13+. The van der Waals surface area contributed by atoms with E-state index >= 15 is 0 Å². The van der Waals surface area contributed by atoms with Crippen LogP contribution in [0.2, 0.25) is 5.02 Å². The molecule has 0 atom stereocenters. The quantitative estimate of drug-likeness (QED) is 0.409. The zero-order chi connectivity index (χ0) is 20.6. The van der Waals surface area contributed by atoms with Crippen LogP contribution in [-0.2, 0) is 9.84 Å². The average molecular weight is 420 g/mol. The Kier molecular flexibility index (Phi) is 7.91. The van der Waals surface area contributed by atoms with Gasteiger partial charge in [0.1, 0.15) is 11.0 Å². The van der Waals surface area contributed by atoms with E-state index in [0.29, 0.717) is 28.7 Å². The normalized spacial score (nSPS) is 11.7. The third-order valence-corrected chi connectivity index (χ3v) is 5.95. The third kappa shape index (κ3) is 5.51. The van der Waals surface area contributed by atoms with E-state index in [1.807, 2.05) is 0 Å². The van der Waals surface area contributed by atoms with Crippen molar-refractivity contribution in [1.29, 1.82) is 5.26 Å². The maximum absolute atomic E-state index is 12.7. The second-order valence-corrected chi connectivity index (χ2v) is 8.40. The fourth-order valence-corrected chi connectivity index (χ4v) is 3.78. The number of hydrogen-bond acceptors (Lipinski definition) is 5. The van der Waals surface area contributed by atoms with Crippen LogP contribution in [0.4, 0.5) is 0 Å². The van der Waals surface area contributed by atoms with Crippen LogP contribution >= 0.6 is 11.6 Å². The van der Waals surface area contributed by atoms with E-state index in [9.17, 15) is 13.7 Å². The van der Waals surface area contributed by atoms with Crippen molar-refractivity contribution in [3.05, 3.63) is 58.0 Å². The summed E-state index contributed by atoms with van der Waals surface area (Å²) in [5.41, 5.74) is 0.520. The molecule has 148 valence electrons. The van der Waals surface area contributed by atoms with Gasteiger partial charge in [-0.3, -0.25) is 0 Å². The zero-order valence-corrected chi connectivity index (χ0v) is 17.4. The number of benzene rings is 2. The molecule has 0 aliphatic rings. The molecule has 2 aromatic carbocycles. The van der Waals surface area contributed by atoms with Crippen molar-refractivity contribution in [3.63, 3.8) is 0 Å². The number of hydrogen-bond donors (Lipinski definition) is 0. The number of nitriles is 1. The van der Waals surface area contributed by atoms with Crippen LogP contribution in [0.1, 0.15) is 31.7 Å². The number of sulfone groups is 1. The Balaban J connectivity index is 2.31. The van der Waals surface area contributed by atoms with E-state index in [1.165, 1.54) is 37.5 Å². The van der Waals surface area contributed by atoms with Crippen molar-refractivity contribution in [3.8, 4) is 17.6 Å². The van der Waals surface area contributed by atoms with Gasteiger partial charge in [-0.25, -0.2) is 8.42 Å². The molecule has 0 N–H and O–H groups in total. The number of halogens is 1. The first-order chi connectivity index (χ1) is 13.4. The second-order valence-electron chi connectivity index (χ2n) is 6.04. The largest absolute Gasteiger partial charge is 0.493 e. The fourth-order valence-electron chi connectivity index (χ4n) is 2.49. The molecule has 0 aliphatic carbocycles. The van der Waals surface area contributed by atoms with Gasteiger partial charge in [-0.1, -0.05) is 37.4 Å². The van der Waals surface area contributed by atoms with E-state index in [1.54, 1.807) is 24.3 Å². The lowest BCUT2D eigenvalue weighted by Crippen LogP contribution is -2.03. The van der Waals surface area contributed by atoms with Gasteiger partial charge in [0, 0.05) is 5.02 Å². The van der Waals surface area contributed by atoms with E-state index in [-0.39, 0.29) is 9.80 Å². The second kappa shape index (κ2) is 10.2. The Morgan fingerprint density at radius 3 is 2.46 bits per heavy atom. The predicted octanol–water partition coefficient (Wildman–Crippen LogP) is 5.26. The first-order valence-electron chi connectivity index (χ1n) is 8.85. The minimum absolute atomic E-state index is 0.00698. The summed E-state index contributed by atoms with van der Waals surface area (Å²) in [5, 5.41) is 9.82. The third-order valence-electron chi connectivity index (χ3n) is 4.01. The van der Waals surface area contributed by atoms with Crippen molar-refractivity contribution in [2.75, 3.05) is 13.7 Å². The van der Waals surface area contributed by atoms with Gasteiger partial charge in [0.2, 0.25) is 9.84 Å². The minimum atomic E-state index is -3.95. The van der Waals surface area contributed by atoms with Crippen molar-refractivity contribution < 1.29 is 17.9 Å². The van der Waals surface area contributed by atoms with E-state index in [0.717, 1.165) is 19.3 Å². The summed E-state index contributed by atoms with van der Waals surface area (Å²) in [6.07, 6.45) is 4.44. The smallest absolute Gasteiger partial charge is 0.216 e. The number of nitrogens with zero attached hydrogens (tertiary/aromatic N) is 1. The van der Waals surface area contributed by atoms with Gasteiger partial charge in [0.15, 0.2) is 11.5 Å². The molecule has 0 bridgehead atoms. The molecule has 5 nitrogen and oxygen atoms in total. The van der Waals surface area contributed by atoms with Crippen LogP contribution in [0.15, 0.2) is 52.3 Å². The molecule has 0 aromatic heterocycles. The highest BCUT2D eigenvalue weighted by atomic mass is 35.5. The maximum Gasteiger partial charge on any atom is 0.216 e. The summed E-state index contributed by atoms with van der Waals surface area (Å²) in [4.78, 5) is -0.360. The molecule has 28 heavy (non-hydrogen) atoms. The average Bonchev–Trinajstić information content (AvgIpc) is 2.70. The molecule has 0 amide bonds. The Labute approximate surface area is 171 Å². The number of unbranched alkanes of at least 4 members (excludes halogenated alkanes) is 2. The molecule has 0 radical (unpaired) electrons. The number of allylic oxidation sites excluding steroid dienone is 1. The lowest BCUT2D eigenvalue weighted by Gasteiger charge is -2.11. The number of rotatable bonds is 9. The first kappa shape index (κ1) is 21.8. The lowest BCUT2D eigenvalue weighted by atomic mass is 10.2. The van der Waals surface area contributed by atoms with Crippen LogP contribution in [-0.4, -0.2) is 22.1 Å². The topological polar surface area (TPSA) is 76.4 Å². The summed E-state index contributed by atoms with van der Waals surface area (Å²) in [6.45, 7) is 2.69. The molecule has 7 heteroatoms. The molecule has 0 saturated carbocycles. The molecule has 0 spiro atoms. The molecule has 2 rings (SSSR count). The SMILES string of the molecule is CCCCCOc1ccc(/C=C(\C#N)S(=O)(=O)c2ccc(Cl)cc2)cc1OC. The van der Waals surface area contributed by atoms with Crippen LogP contribution < -0.4 is 9.47 Å². The van der Waals surface area contributed by atoms with Gasteiger partial charge in [0.25, 0.3) is 0 Å². The maximum atomic E-state index is 12.7. The van der Waals surface area contributed by atoms with Crippen molar-refractivity contribution in [2.24, 2.45) is 0 Å². The van der Waals surface area contributed by atoms with Gasteiger partial charge in [-0.05, 0) is 54.5 Å². The van der Waals surface area contributed by atoms with Crippen LogP contribution in [0.25, 0.3) is 6.08 Å². The van der Waals surface area contributed by atoms with Crippen molar-refractivity contribution >= 4 is 27.5 Å². The summed E-state index contributed by atoms with van der Waals surface area (Å²) in [6, 6.07) is 12.5. The van der Waals surface area contributed by atoms with Gasteiger partial charge in [-0.15, -0.1) is 0 Å². The molecule has 2 aromatic rings. The molecular formula is C21H22ClNO4S. The molecule has 0 fully saturated rings. The first-order valence-corrected chi connectivity index (χ1v) is 10.7. The summed E-state index contributed by atoms with van der Waals surface area (Å²) in [7, 11) is -2.44. The van der Waals surface area contributed by atoms with Gasteiger partial charge in [-0.2, -0.15) is 5.26 Å². The highest BCUT2D eigenvalue weighted by Gasteiger charge is 2.21. The van der Waals surface area contributed by atoms with Gasteiger partial charge >= 0.3 is 0 Å². The Morgan fingerprint density at radius 2 is 1.86 bits per heavy atom. The van der Waals surface area contributed by atoms with E-state index < -0.39 is 9.84 Å². The van der Waals surface area contributed by atoms with Gasteiger partial charge < -0.3 is 9.47 Å². The van der Waals surface area contributed by atoms with E-state index in [4.69, 9.17) is 21.1 Å². The highest BCUT2D eigenvalue weighted by molar-refractivity contribution is 7.95. The number of methoxy groups -OCH3 is 1. The molecule has 0 aliphatic heterocycles. The fraction of sp³-hybridized carbons (Fsp3) is 0.286. The number of ether oxygens (including phenoxy) is 2. The van der Waals surface area contributed by atoms with Crippen LogP contribution in [0.3, 0.4) is 0 Å². The Bertz CT molecular complexity index is 976. The molecule has 0 heterocycles. The summed E-state index contributed by atoms with van der Waals surface area (Å²) >= 11 is 5.81. The van der Waals surface area contributed by atoms with Crippen LogP contribution in [0, 0.1) is 11.3 Å². The van der Waals surface area contributed by atoms with Gasteiger partial charge in [0.05, 0.1) is 18.6 Å². The van der Waals surface area contributed by atoms with E-state index in [2.05, 4.69) is 6.92 Å². The summed E-state index contributed by atoms with van der Waals surface area (Å²) in [5.74, 6) is 1.06. The highest BCUT2D eigenvalue weighted by Crippen LogP contribution is 2.30. The minimum Gasteiger partial charge on any atom is -0.493 e. The Morgan fingerprint density at radius 1 is 1.14 bits per heavy atom. The zero-order valence-electron chi connectivity index (χ0n) is 15.8. The van der Waals surface area contributed by atoms with Crippen molar-refractivity contribution in [1.82, 2.24) is 0 Å². The Hall–Kier alpha value is -2.49. The monoisotopic (exact) mass is 419 g/mol. The lowest BCUT2D eigenvalue weighted by molar-refractivity contribution is 0.286. The molecule has 0 saturated heterocycles. The van der Waals surface area contributed by atoms with Crippen molar-refractivity contribution in [2.45, 2.75) is 31.1 Å². The molecular weight excluding hydrogens is 398 g/mol. The van der Waals surface area contributed by atoms with Crippen LogP contribution in [0.5, 0.6) is 11.5 Å².